The fraction of sp³-hybridized carbons (Fsp3) is 0.0625. The predicted molar refractivity (Wildman–Crippen MR) is 95.6 cm³/mol. The maximum absolute atomic E-state index is 12.4. The molecule has 0 fully saturated rings. The van der Waals surface area contributed by atoms with Crippen molar-refractivity contribution in [1.29, 1.82) is 0 Å². The lowest BCUT2D eigenvalue weighted by Gasteiger charge is -2.09. The Morgan fingerprint density at radius 1 is 0.923 bits per heavy atom. The minimum Gasteiger partial charge on any atom is -0.280 e. The molecule has 0 spiro atoms. The average molecular weight is 390 g/mol. The molecule has 1 N–H and O–H groups in total. The van der Waals surface area contributed by atoms with Gasteiger partial charge in [0, 0.05) is 29.9 Å². The number of anilines is 1. The molecule has 3 rings (SSSR count). The van der Waals surface area contributed by atoms with Gasteiger partial charge in [-0.25, -0.2) is 16.8 Å². The zero-order valence-corrected chi connectivity index (χ0v) is 15.2. The summed E-state index contributed by atoms with van der Waals surface area (Å²) in [5, 5.41) is 7.46. The highest BCUT2D eigenvalue weighted by Gasteiger charge is 2.15. The lowest BCUT2D eigenvalue weighted by Crippen LogP contribution is -2.13. The molecule has 2 aromatic heterocycles. The molecule has 0 unspecified atom stereocenters. The number of rotatable bonds is 5. The first-order valence-corrected chi connectivity index (χ1v) is 10.7. The molecule has 26 heavy (non-hydrogen) atoms. The number of nitrogens with zero attached hydrogens (tertiary/aromatic N) is 3. The zero-order chi connectivity index (χ0) is 18.8. The molecule has 0 saturated heterocycles. The van der Waals surface area contributed by atoms with E-state index in [9.17, 15) is 16.8 Å². The molecule has 10 heteroatoms. The molecule has 2 heterocycles. The Hall–Kier alpha value is -2.85. The van der Waals surface area contributed by atoms with Gasteiger partial charge in [0.25, 0.3) is 10.0 Å². The Morgan fingerprint density at radius 2 is 1.73 bits per heavy atom. The second-order valence-corrected chi connectivity index (χ2v) is 9.05. The Labute approximate surface area is 150 Å². The standard InChI is InChI=1S/C16H14N4O4S2/c1-25(21,22)16-8-7-15(18-19-16)12-4-2-5-13(10-12)20-26(23,24)14-6-3-9-17-11-14/h2-11,20H,1H3. The summed E-state index contributed by atoms with van der Waals surface area (Å²) < 4.78 is 50.1. The fourth-order valence-electron chi connectivity index (χ4n) is 2.13. The van der Waals surface area contributed by atoms with Gasteiger partial charge in [-0.3, -0.25) is 9.71 Å². The van der Waals surface area contributed by atoms with Crippen LogP contribution in [0.3, 0.4) is 0 Å². The van der Waals surface area contributed by atoms with Gasteiger partial charge in [-0.15, -0.1) is 10.2 Å². The molecule has 0 saturated carbocycles. The summed E-state index contributed by atoms with van der Waals surface area (Å²) in [7, 11) is -7.20. The monoisotopic (exact) mass is 390 g/mol. The van der Waals surface area contributed by atoms with Crippen LogP contribution in [0.15, 0.2) is 70.8 Å². The zero-order valence-electron chi connectivity index (χ0n) is 13.6. The summed E-state index contributed by atoms with van der Waals surface area (Å²) in [6.07, 6.45) is 3.78. The molecular formula is C16H14N4O4S2. The Morgan fingerprint density at radius 3 is 2.35 bits per heavy atom. The normalized spacial score (nSPS) is 11.9. The van der Waals surface area contributed by atoms with Crippen LogP contribution in [0.2, 0.25) is 0 Å². The van der Waals surface area contributed by atoms with Crippen molar-refractivity contribution in [3.8, 4) is 11.3 Å². The van der Waals surface area contributed by atoms with Crippen LogP contribution >= 0.6 is 0 Å². The van der Waals surface area contributed by atoms with Gasteiger partial charge < -0.3 is 0 Å². The Balaban J connectivity index is 1.89. The van der Waals surface area contributed by atoms with Gasteiger partial charge in [-0.1, -0.05) is 12.1 Å². The quantitative estimate of drug-likeness (QED) is 0.705. The predicted octanol–water partition coefficient (Wildman–Crippen LogP) is 1.74. The van der Waals surface area contributed by atoms with E-state index in [0.29, 0.717) is 16.9 Å². The first kappa shape index (κ1) is 18.0. The summed E-state index contributed by atoms with van der Waals surface area (Å²) in [6, 6.07) is 12.4. The smallest absolute Gasteiger partial charge is 0.263 e. The van der Waals surface area contributed by atoms with Crippen molar-refractivity contribution >= 4 is 25.5 Å². The second-order valence-electron chi connectivity index (χ2n) is 5.40. The van der Waals surface area contributed by atoms with E-state index in [1.807, 2.05) is 0 Å². The molecular weight excluding hydrogens is 376 g/mol. The highest BCUT2D eigenvalue weighted by atomic mass is 32.2. The molecule has 3 aromatic rings. The van der Waals surface area contributed by atoms with Crippen LogP contribution in [0.4, 0.5) is 5.69 Å². The maximum Gasteiger partial charge on any atom is 0.263 e. The molecule has 1 aromatic carbocycles. The first-order valence-electron chi connectivity index (χ1n) is 7.33. The van der Waals surface area contributed by atoms with Gasteiger partial charge >= 0.3 is 0 Å². The maximum atomic E-state index is 12.4. The van der Waals surface area contributed by atoms with Crippen molar-refractivity contribution in [1.82, 2.24) is 15.2 Å². The van der Waals surface area contributed by atoms with Crippen molar-refractivity contribution in [2.45, 2.75) is 9.92 Å². The molecule has 8 nitrogen and oxygen atoms in total. The molecule has 0 aliphatic heterocycles. The van der Waals surface area contributed by atoms with Gasteiger partial charge in [0.2, 0.25) is 0 Å². The third kappa shape index (κ3) is 4.03. The van der Waals surface area contributed by atoms with E-state index < -0.39 is 19.9 Å². The number of sulfone groups is 1. The largest absolute Gasteiger partial charge is 0.280 e. The third-order valence-electron chi connectivity index (χ3n) is 3.38. The molecule has 0 aliphatic carbocycles. The molecule has 0 bridgehead atoms. The van der Waals surface area contributed by atoms with E-state index in [0.717, 1.165) is 6.26 Å². The summed E-state index contributed by atoms with van der Waals surface area (Å²) in [6.45, 7) is 0. The van der Waals surface area contributed by atoms with Gasteiger partial charge in [0.1, 0.15) is 4.90 Å². The average Bonchev–Trinajstić information content (AvgIpc) is 2.62. The summed E-state index contributed by atoms with van der Waals surface area (Å²) in [4.78, 5) is 3.84. The highest BCUT2D eigenvalue weighted by Crippen LogP contribution is 2.23. The van der Waals surface area contributed by atoms with Crippen LogP contribution in [0.1, 0.15) is 0 Å². The van der Waals surface area contributed by atoms with Gasteiger partial charge in [0.05, 0.1) is 5.69 Å². The fourth-order valence-corrected chi connectivity index (χ4v) is 3.65. The Bertz CT molecular complexity index is 1130. The highest BCUT2D eigenvalue weighted by molar-refractivity contribution is 7.92. The van der Waals surface area contributed by atoms with E-state index in [1.165, 1.54) is 36.7 Å². The number of hydrogen-bond donors (Lipinski definition) is 1. The summed E-state index contributed by atoms with van der Waals surface area (Å²) in [5.74, 6) is 0. The van der Waals surface area contributed by atoms with Crippen LogP contribution in [-0.4, -0.2) is 38.3 Å². The van der Waals surface area contributed by atoms with Crippen molar-refractivity contribution in [3.05, 3.63) is 60.9 Å². The van der Waals surface area contributed by atoms with Crippen LogP contribution in [-0.2, 0) is 19.9 Å². The number of pyridine rings is 1. The number of nitrogens with one attached hydrogen (secondary N) is 1. The SMILES string of the molecule is CS(=O)(=O)c1ccc(-c2cccc(NS(=O)(=O)c3cccnc3)c2)nn1. The van der Waals surface area contributed by atoms with Gasteiger partial charge in [0.15, 0.2) is 14.9 Å². The van der Waals surface area contributed by atoms with Crippen molar-refractivity contribution in [2.75, 3.05) is 11.0 Å². The number of hydrogen-bond acceptors (Lipinski definition) is 7. The van der Waals surface area contributed by atoms with E-state index >= 15 is 0 Å². The van der Waals surface area contributed by atoms with E-state index in [1.54, 1.807) is 24.3 Å². The van der Waals surface area contributed by atoms with Crippen molar-refractivity contribution in [2.24, 2.45) is 0 Å². The van der Waals surface area contributed by atoms with Gasteiger partial charge in [-0.2, -0.15) is 0 Å². The molecule has 0 aliphatic rings. The number of benzene rings is 1. The second kappa shape index (κ2) is 6.81. The third-order valence-corrected chi connectivity index (χ3v) is 5.72. The van der Waals surface area contributed by atoms with Crippen molar-refractivity contribution < 1.29 is 16.8 Å². The van der Waals surface area contributed by atoms with E-state index in [-0.39, 0.29) is 9.92 Å². The minimum absolute atomic E-state index is 0.0442. The van der Waals surface area contributed by atoms with E-state index in [4.69, 9.17) is 0 Å². The van der Waals surface area contributed by atoms with Crippen LogP contribution in [0, 0.1) is 0 Å². The molecule has 0 atom stereocenters. The lowest BCUT2D eigenvalue weighted by atomic mass is 10.1. The summed E-state index contributed by atoms with van der Waals surface area (Å²) >= 11 is 0. The van der Waals surface area contributed by atoms with Crippen LogP contribution < -0.4 is 4.72 Å². The van der Waals surface area contributed by atoms with Crippen LogP contribution in [0.5, 0.6) is 0 Å². The topological polar surface area (TPSA) is 119 Å². The Kier molecular flexibility index (Phi) is 4.70. The molecule has 0 amide bonds. The number of aromatic nitrogens is 3. The van der Waals surface area contributed by atoms with Crippen LogP contribution in [0.25, 0.3) is 11.3 Å². The molecule has 0 radical (unpaired) electrons. The van der Waals surface area contributed by atoms with Crippen molar-refractivity contribution in [3.63, 3.8) is 0 Å². The molecule has 134 valence electrons. The first-order chi connectivity index (χ1) is 12.3. The van der Waals surface area contributed by atoms with Gasteiger partial charge in [-0.05, 0) is 36.4 Å². The minimum atomic E-state index is -3.77. The van der Waals surface area contributed by atoms with E-state index in [2.05, 4.69) is 19.9 Å². The lowest BCUT2D eigenvalue weighted by molar-refractivity contribution is 0.595. The number of sulfonamides is 1. The summed E-state index contributed by atoms with van der Waals surface area (Å²) in [5.41, 5.74) is 1.34.